The molecule has 252 valence electrons. The van der Waals surface area contributed by atoms with Gasteiger partial charge in [0.25, 0.3) is 0 Å². The number of carbonyl (C=O) groups is 2. The molecule has 3 aliphatic heterocycles. The molecule has 0 saturated carbocycles. The van der Waals surface area contributed by atoms with Crippen LogP contribution >= 0.6 is 22.9 Å². The van der Waals surface area contributed by atoms with Crippen molar-refractivity contribution in [2.75, 3.05) is 39.8 Å². The smallest absolute Gasteiger partial charge is 0.338 e. The van der Waals surface area contributed by atoms with Crippen LogP contribution in [0.3, 0.4) is 0 Å². The Morgan fingerprint density at radius 3 is 2.61 bits per heavy atom. The minimum absolute atomic E-state index is 0.0633. The van der Waals surface area contributed by atoms with E-state index in [1.165, 1.54) is 36.6 Å². The summed E-state index contributed by atoms with van der Waals surface area (Å²) in [5.41, 5.74) is 3.85. The minimum Gasteiger partial charge on any atom is -0.466 e. The molecule has 3 aliphatic rings. The second-order valence-corrected chi connectivity index (χ2v) is 14.1. The third kappa shape index (κ3) is 6.77. The average Bonchev–Trinajstić information content (AvgIpc) is 3.72. The van der Waals surface area contributed by atoms with E-state index in [1.807, 2.05) is 55.0 Å². The number of urea groups is 1. The van der Waals surface area contributed by atoms with Crippen LogP contribution in [0, 0.1) is 42.8 Å². The van der Waals surface area contributed by atoms with Crippen LogP contribution in [0.25, 0.3) is 0 Å². The molecule has 0 bridgehead atoms. The number of benzene rings is 2. The number of aromatic nitrogens is 1. The van der Waals surface area contributed by atoms with Gasteiger partial charge < -0.3 is 19.9 Å². The lowest BCUT2D eigenvalue weighted by Crippen LogP contribution is -2.53. The van der Waals surface area contributed by atoms with Gasteiger partial charge in [-0.3, -0.25) is 9.89 Å². The zero-order chi connectivity index (χ0) is 35.0. The summed E-state index contributed by atoms with van der Waals surface area (Å²) in [5.74, 6) is 6.02. The molecular formula is C36H35ClFN7O3S. The van der Waals surface area contributed by atoms with Gasteiger partial charge in [-0.25, -0.2) is 19.0 Å². The summed E-state index contributed by atoms with van der Waals surface area (Å²) in [4.78, 5) is 42.2. The summed E-state index contributed by atoms with van der Waals surface area (Å²) in [6, 6.07) is 8.83. The highest BCUT2D eigenvalue weighted by Crippen LogP contribution is 2.37. The maximum absolute atomic E-state index is 14.0. The van der Waals surface area contributed by atoms with Gasteiger partial charge in [0.05, 0.1) is 30.4 Å². The number of halogens is 2. The summed E-state index contributed by atoms with van der Waals surface area (Å²) in [5, 5.41) is 15.3. The summed E-state index contributed by atoms with van der Waals surface area (Å²) >= 11 is 7.90. The van der Waals surface area contributed by atoms with Crippen molar-refractivity contribution in [3.05, 3.63) is 96.8 Å². The first kappa shape index (κ1) is 34.1. The van der Waals surface area contributed by atoms with E-state index in [1.54, 1.807) is 6.20 Å². The molecule has 2 aromatic carbocycles. The van der Waals surface area contributed by atoms with Crippen molar-refractivity contribution in [3.63, 3.8) is 0 Å². The maximum atomic E-state index is 14.0. The fraction of sp³-hybridized carbons (Fsp3) is 0.361. The number of ether oxygens (including phenoxy) is 1. The molecule has 2 saturated heterocycles. The number of carbonyl (C=O) groups excluding carboxylic acids is 2. The van der Waals surface area contributed by atoms with Gasteiger partial charge in [0.2, 0.25) is 0 Å². The number of esters is 1. The first-order chi connectivity index (χ1) is 23.4. The van der Waals surface area contributed by atoms with Gasteiger partial charge in [-0.2, -0.15) is 5.26 Å². The predicted molar refractivity (Wildman–Crippen MR) is 186 cm³/mol. The summed E-state index contributed by atoms with van der Waals surface area (Å²) in [7, 11) is 1.31. The van der Waals surface area contributed by atoms with Crippen LogP contribution in [0.5, 0.6) is 0 Å². The van der Waals surface area contributed by atoms with Crippen LogP contribution in [0.2, 0.25) is 5.02 Å². The standard InChI is InChI=1S/C36H35ClFN7O3S/c1-21-14-23(17-39)15-22(2)26(21)8-9-36(3,4)45-19-25-18-43(11-12-44(25)35(45)47)20-29-30(34(46)48-5)31(27-7-6-24(38)16-28(27)37)42-32(41-29)33-40-10-13-49-33/h6-7,10,13-16,25,31H,11-12,18-20H2,1-5H3,(H,41,42)/t25-,31-/m0/s1. The third-order valence-electron chi connectivity index (χ3n) is 9.07. The molecule has 0 radical (unpaired) electrons. The molecule has 2 fully saturated rings. The summed E-state index contributed by atoms with van der Waals surface area (Å²) < 4.78 is 19.3. The zero-order valence-electron chi connectivity index (χ0n) is 27.8. The van der Waals surface area contributed by atoms with Crippen molar-refractivity contribution < 1.29 is 18.7 Å². The van der Waals surface area contributed by atoms with Crippen molar-refractivity contribution in [1.82, 2.24) is 25.0 Å². The van der Waals surface area contributed by atoms with Crippen molar-refractivity contribution >= 4 is 40.8 Å². The Bertz CT molecular complexity index is 1970. The van der Waals surface area contributed by atoms with Crippen LogP contribution in [0.4, 0.5) is 9.18 Å². The van der Waals surface area contributed by atoms with Crippen molar-refractivity contribution in [1.29, 1.82) is 5.26 Å². The number of aliphatic imine (C=N–C) groups is 1. The number of thiazole rings is 1. The third-order valence-corrected chi connectivity index (χ3v) is 10.2. The van der Waals surface area contributed by atoms with E-state index in [0.717, 1.165) is 16.7 Å². The molecule has 6 rings (SSSR count). The maximum Gasteiger partial charge on any atom is 0.338 e. The molecule has 3 aromatic rings. The Kier molecular flexibility index (Phi) is 9.50. The number of piperazine rings is 1. The molecule has 2 atom stereocenters. The van der Waals surface area contributed by atoms with Gasteiger partial charge in [-0.1, -0.05) is 29.5 Å². The Morgan fingerprint density at radius 1 is 1.20 bits per heavy atom. The molecule has 4 heterocycles. The van der Waals surface area contributed by atoms with Crippen LogP contribution < -0.4 is 5.32 Å². The highest BCUT2D eigenvalue weighted by molar-refractivity contribution is 7.11. The van der Waals surface area contributed by atoms with Crippen molar-refractivity contribution in [2.45, 2.75) is 45.3 Å². The highest BCUT2D eigenvalue weighted by Gasteiger charge is 2.46. The number of nitriles is 1. The molecule has 13 heteroatoms. The van der Waals surface area contributed by atoms with Crippen LogP contribution in [-0.2, 0) is 9.53 Å². The fourth-order valence-corrected chi connectivity index (χ4v) is 7.44. The number of methoxy groups -OCH3 is 1. The normalized spacial score (nSPS) is 19.5. The summed E-state index contributed by atoms with van der Waals surface area (Å²) in [6.07, 6.45) is 1.67. The Hall–Kier alpha value is -4.75. The molecule has 49 heavy (non-hydrogen) atoms. The van der Waals surface area contributed by atoms with Gasteiger partial charge >= 0.3 is 12.0 Å². The molecule has 1 N–H and O–H groups in total. The van der Waals surface area contributed by atoms with Crippen molar-refractivity contribution in [2.24, 2.45) is 4.99 Å². The molecule has 0 aliphatic carbocycles. The first-order valence-corrected chi connectivity index (χ1v) is 17.0. The number of rotatable bonds is 6. The molecule has 0 unspecified atom stereocenters. The number of aryl methyl sites for hydroxylation is 2. The topological polar surface area (TPSA) is 114 Å². The SMILES string of the molecule is COC(=O)C1=C(CN2CCN3C(=O)N(C(C)(C)C#Cc4c(C)cc(C#N)cc4C)C[C@@H]3C2)NC(c2nccs2)=N[C@H]1c1ccc(F)cc1Cl. The molecule has 0 spiro atoms. The van der Waals surface area contributed by atoms with Crippen LogP contribution in [-0.4, -0.2) is 88.9 Å². The van der Waals surface area contributed by atoms with E-state index in [4.69, 9.17) is 21.3 Å². The Labute approximate surface area is 293 Å². The van der Waals surface area contributed by atoms with E-state index in [0.29, 0.717) is 60.4 Å². The quantitative estimate of drug-likeness (QED) is 0.278. The number of amides is 2. The van der Waals surface area contributed by atoms with E-state index in [2.05, 4.69) is 33.1 Å². The highest BCUT2D eigenvalue weighted by atomic mass is 35.5. The fourth-order valence-electron chi connectivity index (χ4n) is 6.58. The van der Waals surface area contributed by atoms with Gasteiger partial charge in [-0.15, -0.1) is 11.3 Å². The Balaban J connectivity index is 1.26. The summed E-state index contributed by atoms with van der Waals surface area (Å²) in [6.45, 7) is 10.2. The molecule has 1 aromatic heterocycles. The van der Waals surface area contributed by atoms with Gasteiger partial charge in [0.1, 0.15) is 17.4 Å². The minimum atomic E-state index is -0.858. The van der Waals surface area contributed by atoms with E-state index >= 15 is 0 Å². The molecule has 10 nitrogen and oxygen atoms in total. The molecule has 2 amide bonds. The number of nitrogens with zero attached hydrogens (tertiary/aromatic N) is 6. The average molecular weight is 700 g/mol. The molecular weight excluding hydrogens is 665 g/mol. The van der Waals surface area contributed by atoms with Gasteiger partial charge in [0.15, 0.2) is 10.8 Å². The van der Waals surface area contributed by atoms with E-state index < -0.39 is 23.4 Å². The lowest BCUT2D eigenvalue weighted by Gasteiger charge is -2.38. The number of amidine groups is 1. The number of nitrogens with one attached hydrogen (secondary N) is 1. The first-order valence-electron chi connectivity index (χ1n) is 15.8. The van der Waals surface area contributed by atoms with Crippen molar-refractivity contribution in [3.8, 4) is 17.9 Å². The van der Waals surface area contributed by atoms with Gasteiger partial charge in [0, 0.05) is 66.1 Å². The van der Waals surface area contributed by atoms with Crippen LogP contribution in [0.15, 0.2) is 58.2 Å². The van der Waals surface area contributed by atoms with Gasteiger partial charge in [-0.05, 0) is 63.1 Å². The number of hydrogen-bond donors (Lipinski definition) is 1. The Morgan fingerprint density at radius 2 is 1.96 bits per heavy atom. The van der Waals surface area contributed by atoms with E-state index in [9.17, 15) is 19.2 Å². The monoisotopic (exact) mass is 699 g/mol. The van der Waals surface area contributed by atoms with E-state index in [-0.39, 0.29) is 22.7 Å². The number of hydrogen-bond acceptors (Lipinski definition) is 9. The predicted octanol–water partition coefficient (Wildman–Crippen LogP) is 5.19. The second kappa shape index (κ2) is 13.6. The largest absolute Gasteiger partial charge is 0.466 e. The van der Waals surface area contributed by atoms with Crippen LogP contribution in [0.1, 0.15) is 52.7 Å². The zero-order valence-corrected chi connectivity index (χ0v) is 29.4. The lowest BCUT2D eigenvalue weighted by molar-refractivity contribution is -0.136. The second-order valence-electron chi connectivity index (χ2n) is 12.8. The lowest BCUT2D eigenvalue weighted by atomic mass is 9.95. The number of fused-ring (bicyclic) bond motifs is 1.